The van der Waals surface area contributed by atoms with Gasteiger partial charge in [0.05, 0.1) is 10.5 Å². The summed E-state index contributed by atoms with van der Waals surface area (Å²) in [6.07, 6.45) is 0. The summed E-state index contributed by atoms with van der Waals surface area (Å²) in [6, 6.07) is 12.5. The molecule has 0 atom stereocenters. The highest BCUT2D eigenvalue weighted by atomic mass is 32.2. The van der Waals surface area contributed by atoms with Crippen LogP contribution in [0.15, 0.2) is 53.4 Å². The highest BCUT2D eigenvalue weighted by molar-refractivity contribution is 7.89. The van der Waals surface area contributed by atoms with Crippen LogP contribution in [0.4, 0.5) is 5.69 Å². The molecule has 25 heavy (non-hydrogen) atoms. The highest BCUT2D eigenvalue weighted by Gasteiger charge is 2.16. The molecule has 0 fully saturated rings. The van der Waals surface area contributed by atoms with Gasteiger partial charge in [0.15, 0.2) is 6.61 Å². The molecule has 0 spiro atoms. The molecule has 7 nitrogen and oxygen atoms in total. The Bertz CT molecular complexity index is 876. The number of anilines is 1. The first-order chi connectivity index (χ1) is 11.8. The van der Waals surface area contributed by atoms with Crippen LogP contribution in [0.3, 0.4) is 0 Å². The summed E-state index contributed by atoms with van der Waals surface area (Å²) in [5, 5.41) is 2.60. The molecule has 0 saturated heterocycles. The van der Waals surface area contributed by atoms with E-state index in [9.17, 15) is 18.0 Å². The van der Waals surface area contributed by atoms with Crippen LogP contribution in [-0.2, 0) is 19.6 Å². The summed E-state index contributed by atoms with van der Waals surface area (Å²) >= 11 is 0. The molecule has 2 aromatic carbocycles. The molecular weight excluding hydrogens is 344 g/mol. The Hall–Kier alpha value is -2.71. The fraction of sp³-hybridized carbons (Fsp3) is 0.176. The summed E-state index contributed by atoms with van der Waals surface area (Å²) in [4.78, 5) is 23.7. The van der Waals surface area contributed by atoms with Crippen molar-refractivity contribution in [2.75, 3.05) is 19.0 Å². The minimum atomic E-state index is -3.67. The van der Waals surface area contributed by atoms with Gasteiger partial charge in [-0.2, -0.15) is 0 Å². The van der Waals surface area contributed by atoms with E-state index in [2.05, 4.69) is 10.0 Å². The summed E-state index contributed by atoms with van der Waals surface area (Å²) in [5.41, 5.74) is 1.69. The minimum Gasteiger partial charge on any atom is -0.452 e. The van der Waals surface area contributed by atoms with E-state index in [-0.39, 0.29) is 10.5 Å². The van der Waals surface area contributed by atoms with Gasteiger partial charge in [-0.25, -0.2) is 17.9 Å². The Balaban J connectivity index is 1.97. The lowest BCUT2D eigenvalue weighted by atomic mass is 10.2. The molecule has 0 aliphatic rings. The van der Waals surface area contributed by atoms with E-state index in [0.717, 1.165) is 5.56 Å². The number of amides is 1. The SMILES string of the molecule is CNS(=O)(=O)c1cccc(C(=O)OCC(=O)Nc2ccc(C)cc2)c1. The van der Waals surface area contributed by atoms with E-state index in [1.807, 2.05) is 19.1 Å². The zero-order chi connectivity index (χ0) is 18.4. The maximum atomic E-state index is 12.0. The van der Waals surface area contributed by atoms with Crippen molar-refractivity contribution in [2.45, 2.75) is 11.8 Å². The summed E-state index contributed by atoms with van der Waals surface area (Å²) < 4.78 is 30.6. The van der Waals surface area contributed by atoms with Crippen LogP contribution in [0.25, 0.3) is 0 Å². The van der Waals surface area contributed by atoms with Crippen molar-refractivity contribution in [2.24, 2.45) is 0 Å². The molecule has 2 N–H and O–H groups in total. The minimum absolute atomic E-state index is 0.0412. The molecule has 0 aromatic heterocycles. The van der Waals surface area contributed by atoms with Crippen LogP contribution in [-0.4, -0.2) is 33.9 Å². The average molecular weight is 362 g/mol. The zero-order valence-electron chi connectivity index (χ0n) is 13.8. The van der Waals surface area contributed by atoms with Crippen molar-refractivity contribution in [3.63, 3.8) is 0 Å². The van der Waals surface area contributed by atoms with Crippen LogP contribution < -0.4 is 10.0 Å². The van der Waals surface area contributed by atoms with Crippen LogP contribution >= 0.6 is 0 Å². The molecule has 2 aromatic rings. The number of aryl methyl sites for hydroxylation is 1. The molecule has 0 unspecified atom stereocenters. The monoisotopic (exact) mass is 362 g/mol. The van der Waals surface area contributed by atoms with Gasteiger partial charge in [0.2, 0.25) is 10.0 Å². The van der Waals surface area contributed by atoms with Gasteiger partial charge >= 0.3 is 5.97 Å². The van der Waals surface area contributed by atoms with Gasteiger partial charge in [-0.05, 0) is 44.3 Å². The second kappa shape index (κ2) is 7.91. The van der Waals surface area contributed by atoms with Gasteiger partial charge in [0.25, 0.3) is 5.91 Å². The second-order valence-corrected chi connectivity index (χ2v) is 7.11. The predicted octanol–water partition coefficient (Wildman–Crippen LogP) is 1.70. The van der Waals surface area contributed by atoms with Crippen molar-refractivity contribution in [3.8, 4) is 0 Å². The predicted molar refractivity (Wildman–Crippen MR) is 92.8 cm³/mol. The number of esters is 1. The molecule has 0 saturated carbocycles. The van der Waals surface area contributed by atoms with E-state index in [0.29, 0.717) is 5.69 Å². The zero-order valence-corrected chi connectivity index (χ0v) is 14.6. The topological polar surface area (TPSA) is 102 Å². The molecule has 8 heteroatoms. The van der Waals surface area contributed by atoms with Gasteiger partial charge in [0, 0.05) is 5.69 Å². The number of rotatable bonds is 6. The largest absolute Gasteiger partial charge is 0.452 e. The second-order valence-electron chi connectivity index (χ2n) is 5.23. The summed E-state index contributed by atoms with van der Waals surface area (Å²) in [6.45, 7) is 1.45. The summed E-state index contributed by atoms with van der Waals surface area (Å²) in [5.74, 6) is -1.27. The third-order valence-corrected chi connectivity index (χ3v) is 4.73. The Morgan fingerprint density at radius 1 is 1.08 bits per heavy atom. The van der Waals surface area contributed by atoms with Crippen LogP contribution in [0, 0.1) is 6.92 Å². The van der Waals surface area contributed by atoms with E-state index < -0.39 is 28.5 Å². The Kier molecular flexibility index (Phi) is 5.89. The van der Waals surface area contributed by atoms with E-state index in [4.69, 9.17) is 4.74 Å². The number of hydrogen-bond donors (Lipinski definition) is 2. The van der Waals surface area contributed by atoms with Crippen LogP contribution in [0.2, 0.25) is 0 Å². The van der Waals surface area contributed by atoms with Crippen LogP contribution in [0.1, 0.15) is 15.9 Å². The number of carbonyl (C=O) groups is 2. The molecular formula is C17H18N2O5S. The maximum Gasteiger partial charge on any atom is 0.338 e. The lowest BCUT2D eigenvalue weighted by molar-refractivity contribution is -0.119. The lowest BCUT2D eigenvalue weighted by Crippen LogP contribution is -2.21. The number of ether oxygens (including phenoxy) is 1. The van der Waals surface area contributed by atoms with Gasteiger partial charge in [0.1, 0.15) is 0 Å². The number of nitrogens with one attached hydrogen (secondary N) is 2. The first-order valence-corrected chi connectivity index (χ1v) is 8.87. The van der Waals surface area contributed by atoms with Gasteiger partial charge < -0.3 is 10.1 Å². The molecule has 0 aliphatic carbocycles. The van der Waals surface area contributed by atoms with Crippen LogP contribution in [0.5, 0.6) is 0 Å². The van der Waals surface area contributed by atoms with Crippen molar-refractivity contribution in [1.82, 2.24) is 4.72 Å². The van der Waals surface area contributed by atoms with Crippen molar-refractivity contribution >= 4 is 27.6 Å². The van der Waals surface area contributed by atoms with Crippen molar-refractivity contribution in [1.29, 1.82) is 0 Å². The third kappa shape index (κ3) is 5.13. The number of sulfonamides is 1. The number of hydrogen-bond acceptors (Lipinski definition) is 5. The van der Waals surface area contributed by atoms with Gasteiger partial charge in [-0.3, -0.25) is 4.79 Å². The first kappa shape index (κ1) is 18.6. The number of carbonyl (C=O) groups excluding carboxylic acids is 2. The number of benzene rings is 2. The maximum absolute atomic E-state index is 12.0. The van der Waals surface area contributed by atoms with Crippen molar-refractivity contribution in [3.05, 3.63) is 59.7 Å². The third-order valence-electron chi connectivity index (χ3n) is 3.32. The van der Waals surface area contributed by atoms with E-state index in [1.165, 1.54) is 31.3 Å². The van der Waals surface area contributed by atoms with Gasteiger partial charge in [-0.1, -0.05) is 23.8 Å². The molecule has 2 rings (SSSR count). The van der Waals surface area contributed by atoms with E-state index >= 15 is 0 Å². The fourth-order valence-corrected chi connectivity index (χ4v) is 2.73. The Labute approximate surface area is 146 Å². The standard InChI is InChI=1S/C17H18N2O5S/c1-12-6-8-14(9-7-12)19-16(20)11-24-17(21)13-4-3-5-15(10-13)25(22,23)18-2/h3-10,18H,11H2,1-2H3,(H,19,20). The normalized spacial score (nSPS) is 11.0. The summed E-state index contributed by atoms with van der Waals surface area (Å²) in [7, 11) is -2.39. The van der Waals surface area contributed by atoms with Crippen molar-refractivity contribution < 1.29 is 22.7 Å². The highest BCUT2D eigenvalue weighted by Crippen LogP contribution is 2.12. The molecule has 0 radical (unpaired) electrons. The molecule has 0 heterocycles. The van der Waals surface area contributed by atoms with E-state index in [1.54, 1.807) is 12.1 Å². The quantitative estimate of drug-likeness (QED) is 0.762. The smallest absolute Gasteiger partial charge is 0.338 e. The molecule has 0 bridgehead atoms. The lowest BCUT2D eigenvalue weighted by Gasteiger charge is -2.08. The Morgan fingerprint density at radius 2 is 1.76 bits per heavy atom. The first-order valence-electron chi connectivity index (χ1n) is 7.39. The Morgan fingerprint density at radius 3 is 2.40 bits per heavy atom. The molecule has 1 amide bonds. The fourth-order valence-electron chi connectivity index (χ4n) is 1.96. The molecule has 0 aliphatic heterocycles. The molecule has 132 valence electrons. The van der Waals surface area contributed by atoms with Gasteiger partial charge in [-0.15, -0.1) is 0 Å². The average Bonchev–Trinajstić information content (AvgIpc) is 2.61.